The molecule has 132 valence electrons. The molecule has 1 saturated heterocycles. The van der Waals surface area contributed by atoms with Crippen molar-refractivity contribution in [2.24, 2.45) is 17.6 Å². The van der Waals surface area contributed by atoms with Crippen LogP contribution in [0.4, 0.5) is 5.69 Å². The van der Waals surface area contributed by atoms with Crippen molar-refractivity contribution < 1.29 is 9.59 Å². The second-order valence-electron chi connectivity index (χ2n) is 7.16. The average molecular weight is 352 g/mol. The van der Waals surface area contributed by atoms with E-state index < -0.39 is 11.5 Å². The lowest BCUT2D eigenvalue weighted by molar-refractivity contribution is -0.133. The number of hydrogen-bond donors (Lipinski definition) is 2. The lowest BCUT2D eigenvalue weighted by atomic mass is 9.90. The number of benzene rings is 1. The Morgan fingerprint density at radius 1 is 1.50 bits per heavy atom. The van der Waals surface area contributed by atoms with Crippen molar-refractivity contribution in [2.75, 3.05) is 18.0 Å². The van der Waals surface area contributed by atoms with Crippen molar-refractivity contribution in [3.05, 3.63) is 29.3 Å². The Labute approximate surface area is 148 Å². The summed E-state index contributed by atoms with van der Waals surface area (Å²) < 4.78 is 0. The Bertz CT molecular complexity index is 620. The summed E-state index contributed by atoms with van der Waals surface area (Å²) in [6.07, 6.45) is 1.27. The van der Waals surface area contributed by atoms with E-state index in [4.69, 9.17) is 17.3 Å². The SMILES string of the molecule is CC(C)CC(C)(CN)NC(=O)C1CCN(c2cccc(Cl)c2)C1=O. The Kier molecular flexibility index (Phi) is 5.88. The molecular formula is C18H26ClN3O2. The summed E-state index contributed by atoms with van der Waals surface area (Å²) in [6.45, 7) is 6.96. The minimum Gasteiger partial charge on any atom is -0.349 e. The topological polar surface area (TPSA) is 75.4 Å². The van der Waals surface area contributed by atoms with Gasteiger partial charge in [0.1, 0.15) is 5.92 Å². The lowest BCUT2D eigenvalue weighted by Gasteiger charge is -2.32. The third-order valence-electron chi connectivity index (χ3n) is 4.38. The molecule has 6 heteroatoms. The number of carbonyl (C=O) groups excluding carboxylic acids is 2. The number of anilines is 1. The van der Waals surface area contributed by atoms with Gasteiger partial charge in [0.2, 0.25) is 11.8 Å². The van der Waals surface area contributed by atoms with Crippen LogP contribution < -0.4 is 16.0 Å². The van der Waals surface area contributed by atoms with Crippen molar-refractivity contribution in [3.63, 3.8) is 0 Å². The molecule has 0 saturated carbocycles. The van der Waals surface area contributed by atoms with Crippen LogP contribution in [-0.2, 0) is 9.59 Å². The molecule has 5 nitrogen and oxygen atoms in total. The summed E-state index contributed by atoms with van der Waals surface area (Å²) in [5.41, 5.74) is 6.08. The molecule has 3 N–H and O–H groups in total. The molecule has 2 rings (SSSR count). The van der Waals surface area contributed by atoms with Crippen LogP contribution in [0.5, 0.6) is 0 Å². The van der Waals surface area contributed by atoms with Crippen LogP contribution in [0.2, 0.25) is 5.02 Å². The van der Waals surface area contributed by atoms with Crippen LogP contribution in [0, 0.1) is 11.8 Å². The van der Waals surface area contributed by atoms with Crippen molar-refractivity contribution in [2.45, 2.75) is 39.2 Å². The van der Waals surface area contributed by atoms with Crippen molar-refractivity contribution in [1.29, 1.82) is 0 Å². The molecule has 24 heavy (non-hydrogen) atoms. The van der Waals surface area contributed by atoms with Gasteiger partial charge in [-0.2, -0.15) is 0 Å². The van der Waals surface area contributed by atoms with Crippen LogP contribution in [0.25, 0.3) is 0 Å². The highest BCUT2D eigenvalue weighted by Gasteiger charge is 2.39. The van der Waals surface area contributed by atoms with Crippen LogP contribution in [-0.4, -0.2) is 30.4 Å². The Morgan fingerprint density at radius 3 is 2.79 bits per heavy atom. The third kappa shape index (κ3) is 4.28. The van der Waals surface area contributed by atoms with Crippen molar-refractivity contribution in [1.82, 2.24) is 5.32 Å². The van der Waals surface area contributed by atoms with E-state index >= 15 is 0 Å². The Hall–Kier alpha value is -1.59. The zero-order valence-electron chi connectivity index (χ0n) is 14.5. The van der Waals surface area contributed by atoms with Gasteiger partial charge < -0.3 is 16.0 Å². The molecule has 1 aromatic carbocycles. The summed E-state index contributed by atoms with van der Waals surface area (Å²) in [6, 6.07) is 7.12. The number of carbonyl (C=O) groups is 2. The molecule has 1 aliphatic heterocycles. The maximum atomic E-state index is 12.6. The van der Waals surface area contributed by atoms with E-state index in [0.29, 0.717) is 30.5 Å². The van der Waals surface area contributed by atoms with Gasteiger partial charge in [0.05, 0.1) is 0 Å². The number of nitrogens with zero attached hydrogens (tertiary/aromatic N) is 1. The third-order valence-corrected chi connectivity index (χ3v) is 4.61. The highest BCUT2D eigenvalue weighted by atomic mass is 35.5. The minimum atomic E-state index is -0.665. The molecule has 2 atom stereocenters. The summed E-state index contributed by atoms with van der Waals surface area (Å²) in [4.78, 5) is 26.9. The maximum Gasteiger partial charge on any atom is 0.239 e. The number of rotatable bonds is 6. The summed E-state index contributed by atoms with van der Waals surface area (Å²) in [7, 11) is 0. The van der Waals surface area contributed by atoms with E-state index in [9.17, 15) is 9.59 Å². The fraction of sp³-hybridized carbons (Fsp3) is 0.556. The Morgan fingerprint density at radius 2 is 2.21 bits per heavy atom. The van der Waals surface area contributed by atoms with E-state index in [1.807, 2.05) is 13.0 Å². The smallest absolute Gasteiger partial charge is 0.239 e. The van der Waals surface area contributed by atoms with Gasteiger partial charge in [-0.25, -0.2) is 0 Å². The van der Waals surface area contributed by atoms with Gasteiger partial charge in [-0.15, -0.1) is 0 Å². The van der Waals surface area contributed by atoms with Gasteiger partial charge in [-0.05, 0) is 43.9 Å². The monoisotopic (exact) mass is 351 g/mol. The predicted molar refractivity (Wildman–Crippen MR) is 97.0 cm³/mol. The number of nitrogens with two attached hydrogens (primary N) is 1. The van der Waals surface area contributed by atoms with Crippen LogP contribution in [0.1, 0.15) is 33.6 Å². The molecule has 0 bridgehead atoms. The van der Waals surface area contributed by atoms with E-state index in [1.54, 1.807) is 23.1 Å². The zero-order chi connectivity index (χ0) is 17.9. The van der Waals surface area contributed by atoms with Gasteiger partial charge >= 0.3 is 0 Å². The van der Waals surface area contributed by atoms with Gasteiger partial charge in [-0.1, -0.05) is 31.5 Å². The van der Waals surface area contributed by atoms with E-state index in [-0.39, 0.29) is 11.8 Å². The number of nitrogens with one attached hydrogen (secondary N) is 1. The molecule has 0 radical (unpaired) electrons. The van der Waals surface area contributed by atoms with E-state index in [1.165, 1.54) is 0 Å². The first-order valence-corrected chi connectivity index (χ1v) is 8.72. The maximum absolute atomic E-state index is 12.6. The fourth-order valence-corrected chi connectivity index (χ4v) is 3.48. The number of halogens is 1. The zero-order valence-corrected chi connectivity index (χ0v) is 15.3. The largest absolute Gasteiger partial charge is 0.349 e. The predicted octanol–water partition coefficient (Wildman–Crippen LogP) is 2.57. The molecule has 1 aromatic rings. The molecule has 2 unspecified atom stereocenters. The first-order chi connectivity index (χ1) is 11.3. The normalized spacial score (nSPS) is 20.3. The summed E-state index contributed by atoms with van der Waals surface area (Å²) in [5.74, 6) is -0.681. The van der Waals surface area contributed by atoms with Crippen molar-refractivity contribution in [3.8, 4) is 0 Å². The number of amides is 2. The molecule has 2 amide bonds. The second kappa shape index (κ2) is 7.53. The minimum absolute atomic E-state index is 0.182. The summed E-state index contributed by atoms with van der Waals surface area (Å²) >= 11 is 5.99. The lowest BCUT2D eigenvalue weighted by Crippen LogP contribution is -2.54. The van der Waals surface area contributed by atoms with Gasteiger partial charge in [0, 0.05) is 29.3 Å². The van der Waals surface area contributed by atoms with E-state index in [0.717, 1.165) is 12.1 Å². The first-order valence-electron chi connectivity index (χ1n) is 8.35. The fourth-order valence-electron chi connectivity index (χ4n) is 3.29. The molecular weight excluding hydrogens is 326 g/mol. The molecule has 0 aromatic heterocycles. The number of hydrogen-bond acceptors (Lipinski definition) is 3. The molecule has 0 aliphatic carbocycles. The molecule has 1 aliphatic rings. The first kappa shape index (κ1) is 18.7. The van der Waals surface area contributed by atoms with Gasteiger partial charge in [0.25, 0.3) is 0 Å². The Balaban J connectivity index is 2.08. The van der Waals surface area contributed by atoms with Crippen LogP contribution >= 0.6 is 11.6 Å². The average Bonchev–Trinajstić information content (AvgIpc) is 2.88. The van der Waals surface area contributed by atoms with E-state index in [2.05, 4.69) is 19.2 Å². The van der Waals surface area contributed by atoms with Crippen LogP contribution in [0.3, 0.4) is 0 Å². The highest BCUT2D eigenvalue weighted by Crippen LogP contribution is 2.28. The highest BCUT2D eigenvalue weighted by molar-refractivity contribution is 6.31. The van der Waals surface area contributed by atoms with Crippen LogP contribution in [0.15, 0.2) is 24.3 Å². The molecule has 1 fully saturated rings. The van der Waals surface area contributed by atoms with Crippen molar-refractivity contribution >= 4 is 29.1 Å². The molecule has 0 spiro atoms. The second-order valence-corrected chi connectivity index (χ2v) is 7.60. The van der Waals surface area contributed by atoms with Gasteiger partial charge in [0.15, 0.2) is 0 Å². The standard InChI is InChI=1S/C18H26ClN3O2/c1-12(2)10-18(3,11-20)21-16(23)15-7-8-22(17(15)24)14-6-4-5-13(19)9-14/h4-6,9,12,15H,7-8,10-11,20H2,1-3H3,(H,21,23). The quantitative estimate of drug-likeness (QED) is 0.773. The molecule has 1 heterocycles. The summed E-state index contributed by atoms with van der Waals surface area (Å²) in [5, 5.41) is 3.56. The van der Waals surface area contributed by atoms with Gasteiger partial charge in [-0.3, -0.25) is 9.59 Å².